The van der Waals surface area contributed by atoms with Crippen LogP contribution in [0.4, 0.5) is 5.69 Å². The molecule has 40 heavy (non-hydrogen) atoms. The molecule has 3 aliphatic heterocycles. The van der Waals surface area contributed by atoms with E-state index >= 15 is 0 Å². The molecule has 0 bridgehead atoms. The largest absolute Gasteiger partial charge is 0.381 e. The van der Waals surface area contributed by atoms with Crippen molar-refractivity contribution in [3.63, 3.8) is 0 Å². The Morgan fingerprint density at radius 1 is 1.10 bits per heavy atom. The van der Waals surface area contributed by atoms with Crippen molar-refractivity contribution >= 4 is 26.9 Å². The minimum Gasteiger partial charge on any atom is -0.381 e. The van der Waals surface area contributed by atoms with Crippen LogP contribution in [0.15, 0.2) is 36.7 Å². The maximum absolute atomic E-state index is 13.7. The minimum absolute atomic E-state index is 0.114. The second kappa shape index (κ2) is 10.7. The van der Waals surface area contributed by atoms with Gasteiger partial charge in [-0.25, -0.2) is 9.67 Å². The highest BCUT2D eigenvalue weighted by molar-refractivity contribution is 7.90. The number of benzene rings is 1. The third kappa shape index (κ3) is 5.16. The van der Waals surface area contributed by atoms with Gasteiger partial charge in [0.15, 0.2) is 6.23 Å². The van der Waals surface area contributed by atoms with Gasteiger partial charge in [-0.05, 0) is 43.0 Å². The van der Waals surface area contributed by atoms with Crippen LogP contribution in [0.25, 0.3) is 11.0 Å². The van der Waals surface area contributed by atoms with Gasteiger partial charge in [0.25, 0.3) is 0 Å². The highest BCUT2D eigenvalue weighted by atomic mass is 32.2. The normalized spacial score (nSPS) is 23.9. The molecule has 2 aromatic heterocycles. The molecule has 1 aromatic carbocycles. The van der Waals surface area contributed by atoms with E-state index in [4.69, 9.17) is 14.5 Å². The second-order valence-corrected chi connectivity index (χ2v) is 14.2. The van der Waals surface area contributed by atoms with Crippen molar-refractivity contribution in [2.75, 3.05) is 57.4 Å². The highest BCUT2D eigenvalue weighted by Crippen LogP contribution is 2.33. The average Bonchev–Trinajstić information content (AvgIpc) is 3.56. The molecule has 0 N–H and O–H groups in total. The Morgan fingerprint density at radius 2 is 1.85 bits per heavy atom. The molecule has 3 aliphatic rings. The van der Waals surface area contributed by atoms with E-state index in [1.54, 1.807) is 17.5 Å². The van der Waals surface area contributed by atoms with Crippen LogP contribution >= 0.6 is 0 Å². The molecule has 12 heteroatoms. The van der Waals surface area contributed by atoms with Gasteiger partial charge in [-0.3, -0.25) is 9.21 Å². The van der Waals surface area contributed by atoms with Crippen molar-refractivity contribution in [3.05, 3.63) is 42.5 Å². The third-order valence-corrected chi connectivity index (χ3v) is 10.4. The summed E-state index contributed by atoms with van der Waals surface area (Å²) in [5.74, 6) is 1.58. The summed E-state index contributed by atoms with van der Waals surface area (Å²) < 4.78 is 45.8. The summed E-state index contributed by atoms with van der Waals surface area (Å²) in [5, 5.41) is 4.31. The molecular formula is C28H41N7O4S. The lowest BCUT2D eigenvalue weighted by Crippen LogP contribution is -2.60. The molecule has 0 saturated carbocycles. The first kappa shape index (κ1) is 27.6. The first-order valence-corrected chi connectivity index (χ1v) is 15.7. The van der Waals surface area contributed by atoms with E-state index in [0.29, 0.717) is 44.4 Å². The van der Waals surface area contributed by atoms with Crippen LogP contribution in [0.5, 0.6) is 0 Å². The van der Waals surface area contributed by atoms with Gasteiger partial charge in [-0.1, -0.05) is 20.8 Å². The molecule has 218 valence electrons. The lowest BCUT2D eigenvalue weighted by atomic mass is 9.94. The molecule has 2 unspecified atom stereocenters. The highest BCUT2D eigenvalue weighted by Gasteiger charge is 2.41. The fourth-order valence-electron chi connectivity index (χ4n) is 6.07. The maximum Gasteiger partial charge on any atom is 0.303 e. The predicted octanol–water partition coefficient (Wildman–Crippen LogP) is 2.85. The number of piperazine rings is 1. The summed E-state index contributed by atoms with van der Waals surface area (Å²) in [4.78, 5) is 7.34. The molecular weight excluding hydrogens is 530 g/mol. The summed E-state index contributed by atoms with van der Waals surface area (Å²) >= 11 is 0. The quantitative estimate of drug-likeness (QED) is 0.430. The fourth-order valence-corrected chi connectivity index (χ4v) is 7.42. The van der Waals surface area contributed by atoms with Crippen molar-refractivity contribution in [1.29, 1.82) is 0 Å². The van der Waals surface area contributed by atoms with Gasteiger partial charge in [0.1, 0.15) is 5.82 Å². The van der Waals surface area contributed by atoms with E-state index in [1.807, 2.05) is 35.1 Å². The van der Waals surface area contributed by atoms with E-state index in [1.165, 1.54) is 4.31 Å². The van der Waals surface area contributed by atoms with Crippen molar-refractivity contribution in [2.24, 2.45) is 5.92 Å². The van der Waals surface area contributed by atoms with Crippen molar-refractivity contribution in [1.82, 2.24) is 28.5 Å². The molecule has 6 rings (SSSR count). The Labute approximate surface area is 236 Å². The summed E-state index contributed by atoms with van der Waals surface area (Å²) in [6.07, 6.45) is 5.64. The van der Waals surface area contributed by atoms with E-state index in [0.717, 1.165) is 49.5 Å². The number of anilines is 1. The average molecular weight is 572 g/mol. The summed E-state index contributed by atoms with van der Waals surface area (Å²) in [6, 6.07) is 7.95. The zero-order valence-electron chi connectivity index (χ0n) is 23.9. The standard InChI is InChI=1S/C28H41N7O4S/c1-28(2,3)27-30-23-18-22(6-7-24(23)34(27)19-21-8-16-38-17-9-21)31(4)40(36,37)33-14-12-32(13-15-33)25-20-39-26(25)35-11-5-10-29-35/h5-7,10-11,18,21,25-26H,8-9,12-17,19-20H2,1-4H3. The Hall–Kier alpha value is -2.51. The summed E-state index contributed by atoms with van der Waals surface area (Å²) in [5.41, 5.74) is 2.37. The Morgan fingerprint density at radius 3 is 2.48 bits per heavy atom. The zero-order valence-corrected chi connectivity index (χ0v) is 24.8. The molecule has 0 radical (unpaired) electrons. The van der Waals surface area contributed by atoms with Crippen LogP contribution in [0.1, 0.15) is 45.7 Å². The number of hydrogen-bond donors (Lipinski definition) is 0. The van der Waals surface area contributed by atoms with E-state index in [9.17, 15) is 8.42 Å². The number of imidazole rings is 1. The van der Waals surface area contributed by atoms with Crippen molar-refractivity contribution < 1.29 is 17.9 Å². The van der Waals surface area contributed by atoms with E-state index < -0.39 is 10.2 Å². The number of fused-ring (bicyclic) bond motifs is 1. The van der Waals surface area contributed by atoms with Gasteiger partial charge in [0.05, 0.1) is 29.4 Å². The van der Waals surface area contributed by atoms with E-state index in [2.05, 4.69) is 35.3 Å². The van der Waals surface area contributed by atoms with Crippen LogP contribution in [0, 0.1) is 5.92 Å². The van der Waals surface area contributed by atoms with Gasteiger partial charge < -0.3 is 14.0 Å². The van der Waals surface area contributed by atoms with Gasteiger partial charge >= 0.3 is 10.2 Å². The molecule has 2 atom stereocenters. The number of nitrogens with zero attached hydrogens (tertiary/aromatic N) is 7. The molecule has 5 heterocycles. The lowest BCUT2D eigenvalue weighted by molar-refractivity contribution is -0.183. The Kier molecular flexibility index (Phi) is 7.41. The molecule has 0 aliphatic carbocycles. The maximum atomic E-state index is 13.7. The number of rotatable bonds is 7. The van der Waals surface area contributed by atoms with Gasteiger partial charge in [-0.2, -0.15) is 17.8 Å². The summed E-state index contributed by atoms with van der Waals surface area (Å²) in [6.45, 7) is 11.9. The molecule has 3 saturated heterocycles. The Balaban J connectivity index is 1.17. The molecule has 0 amide bonds. The van der Waals surface area contributed by atoms with Crippen LogP contribution < -0.4 is 4.31 Å². The summed E-state index contributed by atoms with van der Waals surface area (Å²) in [7, 11) is -2.05. The Bertz CT molecular complexity index is 1420. The first-order chi connectivity index (χ1) is 19.1. The van der Waals surface area contributed by atoms with Gasteiger partial charge in [0, 0.05) is 70.8 Å². The second-order valence-electron chi connectivity index (χ2n) is 12.2. The van der Waals surface area contributed by atoms with Gasteiger partial charge in [-0.15, -0.1) is 0 Å². The lowest BCUT2D eigenvalue weighted by Gasteiger charge is -2.46. The van der Waals surface area contributed by atoms with Gasteiger partial charge in [0.2, 0.25) is 0 Å². The molecule has 3 aromatic rings. The van der Waals surface area contributed by atoms with Crippen LogP contribution in [0.3, 0.4) is 0 Å². The van der Waals surface area contributed by atoms with Crippen LogP contribution in [0.2, 0.25) is 0 Å². The smallest absolute Gasteiger partial charge is 0.303 e. The number of ether oxygens (including phenoxy) is 2. The fraction of sp³-hybridized carbons (Fsp3) is 0.643. The SMILES string of the molecule is CN(c1ccc2c(c1)nc(C(C)(C)C)n2CC1CCOCC1)S(=O)(=O)N1CCN(C2COC2n2cccn2)CC1. The van der Waals surface area contributed by atoms with Crippen LogP contribution in [-0.2, 0) is 31.6 Å². The zero-order chi connectivity index (χ0) is 28.1. The third-order valence-electron chi connectivity index (χ3n) is 8.52. The van der Waals surface area contributed by atoms with E-state index in [-0.39, 0.29) is 17.7 Å². The monoisotopic (exact) mass is 571 g/mol. The van der Waals surface area contributed by atoms with Crippen molar-refractivity contribution in [3.8, 4) is 0 Å². The van der Waals surface area contributed by atoms with Crippen LogP contribution in [-0.4, -0.2) is 96.0 Å². The molecule has 11 nitrogen and oxygen atoms in total. The first-order valence-electron chi connectivity index (χ1n) is 14.3. The minimum atomic E-state index is -3.69. The molecule has 3 fully saturated rings. The molecule has 0 spiro atoms. The predicted molar refractivity (Wildman–Crippen MR) is 153 cm³/mol. The number of aromatic nitrogens is 4. The topological polar surface area (TPSA) is 98.0 Å². The van der Waals surface area contributed by atoms with Crippen molar-refractivity contribution in [2.45, 2.75) is 57.8 Å². The number of hydrogen-bond acceptors (Lipinski definition) is 7.